The Labute approximate surface area is 128 Å². The largest absolute Gasteiger partial charge is 0.385 e. The van der Waals surface area contributed by atoms with E-state index in [0.717, 1.165) is 41.2 Å². The van der Waals surface area contributed by atoms with Gasteiger partial charge in [0.1, 0.15) is 0 Å². The van der Waals surface area contributed by atoms with E-state index >= 15 is 0 Å². The molecule has 0 aliphatic carbocycles. The number of nitrogens with zero attached hydrogens (tertiary/aromatic N) is 1. The molecule has 1 aromatic heterocycles. The number of hydrogen-bond acceptors (Lipinski definition) is 5. The Morgan fingerprint density at radius 1 is 1.33 bits per heavy atom. The van der Waals surface area contributed by atoms with Crippen LogP contribution in [-0.2, 0) is 16.4 Å². The number of aryl methyl sites for hydroxylation is 3. The summed E-state index contributed by atoms with van der Waals surface area (Å²) in [6.07, 6.45) is 1.93. The average Bonchev–Trinajstić information content (AvgIpc) is 2.76. The van der Waals surface area contributed by atoms with Gasteiger partial charge in [-0.05, 0) is 50.5 Å². The van der Waals surface area contributed by atoms with Crippen LogP contribution in [0.2, 0.25) is 0 Å². The molecule has 0 spiro atoms. The lowest BCUT2D eigenvalue weighted by molar-refractivity contribution is 0.601. The molecule has 1 aliphatic heterocycles. The van der Waals surface area contributed by atoms with Gasteiger partial charge in [0.05, 0.1) is 10.6 Å². The molecule has 0 fully saturated rings. The molecular formula is C14H17N3O2S2. The van der Waals surface area contributed by atoms with Crippen molar-refractivity contribution in [2.75, 3.05) is 16.6 Å². The van der Waals surface area contributed by atoms with Crippen molar-refractivity contribution in [3.8, 4) is 0 Å². The van der Waals surface area contributed by atoms with Crippen molar-refractivity contribution >= 4 is 32.2 Å². The molecule has 0 unspecified atom stereocenters. The molecule has 0 radical (unpaired) electrons. The van der Waals surface area contributed by atoms with E-state index in [1.807, 2.05) is 19.9 Å². The standard InChI is InChI=1S/C14H17N3O2S2/c1-9-10(2)20-14(16-9)17-21(18,19)12-5-6-13-11(8-12)4-3-7-15-13/h5-6,8,15H,3-4,7H2,1-2H3,(H,16,17). The maximum atomic E-state index is 12.4. The van der Waals surface area contributed by atoms with Crippen LogP contribution in [0.25, 0.3) is 0 Å². The van der Waals surface area contributed by atoms with Gasteiger partial charge in [0, 0.05) is 17.1 Å². The number of anilines is 2. The van der Waals surface area contributed by atoms with E-state index in [9.17, 15) is 8.42 Å². The van der Waals surface area contributed by atoms with Crippen molar-refractivity contribution in [1.29, 1.82) is 0 Å². The summed E-state index contributed by atoms with van der Waals surface area (Å²) in [4.78, 5) is 5.53. The van der Waals surface area contributed by atoms with Crippen LogP contribution in [-0.4, -0.2) is 19.9 Å². The molecule has 2 aromatic rings. The van der Waals surface area contributed by atoms with Crippen LogP contribution in [0.15, 0.2) is 23.1 Å². The number of aromatic nitrogens is 1. The van der Waals surface area contributed by atoms with Gasteiger partial charge in [0.15, 0.2) is 5.13 Å². The number of fused-ring (bicyclic) bond motifs is 1. The summed E-state index contributed by atoms with van der Waals surface area (Å²) in [6, 6.07) is 5.21. The number of sulfonamides is 1. The first-order chi connectivity index (χ1) is 9.95. The first-order valence-corrected chi connectivity index (χ1v) is 9.09. The number of hydrogen-bond donors (Lipinski definition) is 2. The first-order valence-electron chi connectivity index (χ1n) is 6.79. The summed E-state index contributed by atoms with van der Waals surface area (Å²) in [7, 11) is -3.58. The third-order valence-electron chi connectivity index (χ3n) is 3.58. The molecule has 0 atom stereocenters. The summed E-state index contributed by atoms with van der Waals surface area (Å²) in [5.74, 6) is 0. The van der Waals surface area contributed by atoms with Gasteiger partial charge in [-0.2, -0.15) is 0 Å². The van der Waals surface area contributed by atoms with Gasteiger partial charge in [-0.3, -0.25) is 4.72 Å². The minimum Gasteiger partial charge on any atom is -0.385 e. The van der Waals surface area contributed by atoms with Crippen LogP contribution in [0.1, 0.15) is 22.6 Å². The smallest absolute Gasteiger partial charge is 0.263 e. The zero-order valence-corrected chi connectivity index (χ0v) is 13.6. The number of benzene rings is 1. The lowest BCUT2D eigenvalue weighted by Crippen LogP contribution is -2.16. The van der Waals surface area contributed by atoms with Crippen LogP contribution in [0, 0.1) is 13.8 Å². The maximum absolute atomic E-state index is 12.4. The predicted molar refractivity (Wildman–Crippen MR) is 85.6 cm³/mol. The molecule has 3 rings (SSSR count). The van der Waals surface area contributed by atoms with Crippen LogP contribution in [0.5, 0.6) is 0 Å². The molecule has 2 heterocycles. The molecule has 7 heteroatoms. The highest BCUT2D eigenvalue weighted by molar-refractivity contribution is 7.93. The fourth-order valence-corrected chi connectivity index (χ4v) is 4.41. The van der Waals surface area contributed by atoms with Gasteiger partial charge in [0.25, 0.3) is 10.0 Å². The fraction of sp³-hybridized carbons (Fsp3) is 0.357. The van der Waals surface area contributed by atoms with Gasteiger partial charge in [-0.1, -0.05) is 0 Å². The van der Waals surface area contributed by atoms with Crippen molar-refractivity contribution < 1.29 is 8.42 Å². The van der Waals surface area contributed by atoms with Crippen LogP contribution < -0.4 is 10.0 Å². The third-order valence-corrected chi connectivity index (χ3v) is 6.03. The topological polar surface area (TPSA) is 71.1 Å². The van der Waals surface area contributed by atoms with E-state index in [0.29, 0.717) is 5.13 Å². The number of thiazole rings is 1. The minimum atomic E-state index is -3.58. The summed E-state index contributed by atoms with van der Waals surface area (Å²) < 4.78 is 27.4. The minimum absolute atomic E-state index is 0.287. The van der Waals surface area contributed by atoms with Crippen molar-refractivity contribution in [3.05, 3.63) is 34.3 Å². The van der Waals surface area contributed by atoms with E-state index in [1.165, 1.54) is 11.3 Å². The molecule has 0 amide bonds. The van der Waals surface area contributed by atoms with Crippen molar-refractivity contribution in [1.82, 2.24) is 4.98 Å². The molecule has 0 bridgehead atoms. The van der Waals surface area contributed by atoms with E-state index in [1.54, 1.807) is 12.1 Å². The first kappa shape index (κ1) is 14.3. The van der Waals surface area contributed by atoms with E-state index in [2.05, 4.69) is 15.0 Å². The highest BCUT2D eigenvalue weighted by atomic mass is 32.2. The molecule has 1 aliphatic rings. The van der Waals surface area contributed by atoms with E-state index in [4.69, 9.17) is 0 Å². The van der Waals surface area contributed by atoms with Crippen LogP contribution in [0.4, 0.5) is 10.8 Å². The molecule has 1 aromatic carbocycles. The molecule has 5 nitrogen and oxygen atoms in total. The van der Waals surface area contributed by atoms with Gasteiger partial charge < -0.3 is 5.32 Å². The quantitative estimate of drug-likeness (QED) is 0.911. The summed E-state index contributed by atoms with van der Waals surface area (Å²) in [6.45, 7) is 4.73. The van der Waals surface area contributed by atoms with Crippen LogP contribution >= 0.6 is 11.3 Å². The second-order valence-electron chi connectivity index (χ2n) is 5.12. The molecule has 2 N–H and O–H groups in total. The number of rotatable bonds is 3. The Morgan fingerprint density at radius 2 is 2.14 bits per heavy atom. The van der Waals surface area contributed by atoms with Gasteiger partial charge in [-0.15, -0.1) is 11.3 Å². The van der Waals surface area contributed by atoms with Crippen molar-refractivity contribution in [2.24, 2.45) is 0 Å². The normalized spacial score (nSPS) is 14.4. The van der Waals surface area contributed by atoms with Crippen molar-refractivity contribution in [2.45, 2.75) is 31.6 Å². The lowest BCUT2D eigenvalue weighted by atomic mass is 10.0. The Bertz CT molecular complexity index is 762. The second kappa shape index (κ2) is 5.31. The molecule has 0 saturated carbocycles. The second-order valence-corrected chi connectivity index (χ2v) is 8.00. The van der Waals surface area contributed by atoms with Gasteiger partial charge >= 0.3 is 0 Å². The van der Waals surface area contributed by atoms with Gasteiger partial charge in [-0.25, -0.2) is 13.4 Å². The zero-order valence-electron chi connectivity index (χ0n) is 11.9. The average molecular weight is 323 g/mol. The van der Waals surface area contributed by atoms with Gasteiger partial charge in [0.2, 0.25) is 0 Å². The third kappa shape index (κ3) is 2.89. The zero-order chi connectivity index (χ0) is 15.0. The Hall–Kier alpha value is -1.60. The summed E-state index contributed by atoms with van der Waals surface area (Å²) in [5.41, 5.74) is 2.93. The molecule has 21 heavy (non-hydrogen) atoms. The Kier molecular flexibility index (Phi) is 3.62. The summed E-state index contributed by atoms with van der Waals surface area (Å²) >= 11 is 1.35. The maximum Gasteiger partial charge on any atom is 0.263 e. The summed E-state index contributed by atoms with van der Waals surface area (Å²) in [5, 5.41) is 3.69. The molecule has 0 saturated heterocycles. The fourth-order valence-electron chi connectivity index (χ4n) is 2.31. The molecular weight excluding hydrogens is 306 g/mol. The Morgan fingerprint density at radius 3 is 2.86 bits per heavy atom. The SMILES string of the molecule is Cc1nc(NS(=O)(=O)c2ccc3c(c2)CCCN3)sc1C. The molecule has 112 valence electrons. The Balaban J connectivity index is 1.91. The number of nitrogens with one attached hydrogen (secondary N) is 2. The lowest BCUT2D eigenvalue weighted by Gasteiger charge is -2.18. The highest BCUT2D eigenvalue weighted by Gasteiger charge is 2.19. The van der Waals surface area contributed by atoms with E-state index < -0.39 is 10.0 Å². The van der Waals surface area contributed by atoms with E-state index in [-0.39, 0.29) is 4.90 Å². The van der Waals surface area contributed by atoms with Crippen molar-refractivity contribution in [3.63, 3.8) is 0 Å². The highest BCUT2D eigenvalue weighted by Crippen LogP contribution is 2.27. The predicted octanol–water partition coefficient (Wildman–Crippen LogP) is 2.92. The van der Waals surface area contributed by atoms with Crippen LogP contribution in [0.3, 0.4) is 0 Å². The monoisotopic (exact) mass is 323 g/mol.